The summed E-state index contributed by atoms with van der Waals surface area (Å²) in [6.45, 7) is 5.88. The van der Waals surface area contributed by atoms with E-state index >= 15 is 0 Å². The summed E-state index contributed by atoms with van der Waals surface area (Å²) >= 11 is 0. The minimum Gasteiger partial charge on any atom is -0.379 e. The molecule has 2 atom stereocenters. The maximum atomic E-state index is 13.3. The predicted molar refractivity (Wildman–Crippen MR) is 103 cm³/mol. The number of aryl methyl sites for hydroxylation is 1. The molecule has 0 bridgehead atoms. The van der Waals surface area contributed by atoms with Crippen LogP contribution in [0.4, 0.5) is 4.39 Å². The highest BCUT2D eigenvalue weighted by Crippen LogP contribution is 2.46. The number of nitrogens with zero attached hydrogens (tertiary/aromatic N) is 1. The topological polar surface area (TPSA) is 23.5 Å². The molecule has 136 valence electrons. The number of hydrogen-bond acceptors (Lipinski definition) is 2. The molecule has 2 aromatic rings. The number of hydrogen-bond donors (Lipinski definition) is 1. The van der Waals surface area contributed by atoms with Crippen LogP contribution in [0, 0.1) is 18.7 Å². The summed E-state index contributed by atoms with van der Waals surface area (Å²) in [6, 6.07) is 13.5. The molecule has 1 N–H and O–H groups in total. The van der Waals surface area contributed by atoms with Gasteiger partial charge < -0.3 is 5.11 Å². The van der Waals surface area contributed by atoms with Gasteiger partial charge in [-0.25, -0.2) is 4.39 Å². The molecule has 0 radical (unpaired) electrons. The average molecular weight is 351 g/mol. The lowest BCUT2D eigenvalue weighted by Gasteiger charge is -2.36. The number of benzene rings is 2. The molecule has 1 fully saturated rings. The second-order valence-corrected chi connectivity index (χ2v) is 7.71. The lowest BCUT2D eigenvalue weighted by atomic mass is 9.81. The third-order valence-electron chi connectivity index (χ3n) is 5.97. The number of aliphatic hydroxyl groups excluding tert-OH is 1. The molecular formula is C23H26FNO. The molecule has 26 heavy (non-hydrogen) atoms. The van der Waals surface area contributed by atoms with Crippen LogP contribution in [-0.4, -0.2) is 29.3 Å². The Kier molecular flexibility index (Phi) is 4.68. The van der Waals surface area contributed by atoms with Gasteiger partial charge in [0.1, 0.15) is 12.0 Å². The maximum absolute atomic E-state index is 13.3. The minimum absolute atomic E-state index is 0.196. The van der Waals surface area contributed by atoms with E-state index < -0.39 is 0 Å². The molecule has 0 amide bonds. The van der Waals surface area contributed by atoms with Gasteiger partial charge in [-0.05, 0) is 67.0 Å². The molecule has 0 aromatic heterocycles. The fourth-order valence-corrected chi connectivity index (χ4v) is 4.49. The van der Waals surface area contributed by atoms with Gasteiger partial charge in [0.05, 0.1) is 0 Å². The molecule has 2 unspecified atom stereocenters. The fourth-order valence-electron chi connectivity index (χ4n) is 4.49. The molecular weight excluding hydrogens is 325 g/mol. The van der Waals surface area contributed by atoms with Gasteiger partial charge in [-0.3, -0.25) is 4.90 Å². The van der Waals surface area contributed by atoms with E-state index in [-0.39, 0.29) is 12.0 Å². The molecule has 1 aliphatic carbocycles. The van der Waals surface area contributed by atoms with Gasteiger partial charge in [0, 0.05) is 19.0 Å². The van der Waals surface area contributed by atoms with Gasteiger partial charge in [-0.2, -0.15) is 0 Å². The first-order valence-corrected chi connectivity index (χ1v) is 9.54. The summed E-state index contributed by atoms with van der Waals surface area (Å²) in [6.07, 6.45) is 4.21. The number of rotatable bonds is 3. The van der Waals surface area contributed by atoms with Crippen LogP contribution in [0.1, 0.15) is 47.9 Å². The first-order chi connectivity index (χ1) is 12.5. The van der Waals surface area contributed by atoms with Crippen LogP contribution in [0.25, 0.3) is 5.57 Å². The third kappa shape index (κ3) is 3.22. The number of fused-ring (bicyclic) bond motifs is 1. The summed E-state index contributed by atoms with van der Waals surface area (Å²) in [5.41, 5.74) is 6.28. The van der Waals surface area contributed by atoms with Crippen molar-refractivity contribution < 1.29 is 9.50 Å². The average Bonchev–Trinajstić information content (AvgIpc) is 3.01. The fraction of sp³-hybridized carbons (Fsp3) is 0.391. The Morgan fingerprint density at radius 1 is 1.08 bits per heavy atom. The normalized spacial score (nSPS) is 22.2. The van der Waals surface area contributed by atoms with E-state index in [1.165, 1.54) is 22.3 Å². The monoisotopic (exact) mass is 351 g/mol. The molecule has 0 spiro atoms. The number of likely N-dealkylation sites (tertiary alicyclic amines) is 1. The van der Waals surface area contributed by atoms with Gasteiger partial charge in [0.2, 0.25) is 0 Å². The first kappa shape index (κ1) is 17.4. The standard InChI is InChI=1S/C23H26FNO/c1-15-3-8-20-21(17-4-6-19(24)7-5-17)14-22(23(20)13-15)18-9-11-25(12-10-18)16(2)26/h3-8,13-14,16,18,22,26H,9-12H2,1-2H3. The summed E-state index contributed by atoms with van der Waals surface area (Å²) in [5.74, 6) is 0.795. The highest BCUT2D eigenvalue weighted by Gasteiger charge is 2.33. The van der Waals surface area contributed by atoms with Crippen LogP contribution in [-0.2, 0) is 0 Å². The second-order valence-electron chi connectivity index (χ2n) is 7.71. The number of allylic oxidation sites excluding steroid dienone is 1. The largest absolute Gasteiger partial charge is 0.379 e. The van der Waals surface area contributed by atoms with Crippen molar-refractivity contribution in [2.45, 2.75) is 38.8 Å². The van der Waals surface area contributed by atoms with Crippen LogP contribution < -0.4 is 0 Å². The van der Waals surface area contributed by atoms with Gasteiger partial charge in [-0.15, -0.1) is 0 Å². The number of aliphatic hydroxyl groups is 1. The molecule has 4 rings (SSSR count). The highest BCUT2D eigenvalue weighted by molar-refractivity contribution is 5.86. The third-order valence-corrected chi connectivity index (χ3v) is 5.97. The second kappa shape index (κ2) is 6.98. The Hall–Kier alpha value is -1.97. The Morgan fingerprint density at radius 2 is 1.77 bits per heavy atom. The van der Waals surface area contributed by atoms with E-state index in [0.29, 0.717) is 11.8 Å². The van der Waals surface area contributed by atoms with Gasteiger partial charge in [0.25, 0.3) is 0 Å². The first-order valence-electron chi connectivity index (χ1n) is 9.54. The SMILES string of the molecule is Cc1ccc2c(c1)C(C1CCN(C(C)O)CC1)C=C2c1ccc(F)cc1. The molecule has 0 saturated carbocycles. The van der Waals surface area contributed by atoms with Crippen molar-refractivity contribution in [2.24, 2.45) is 5.92 Å². The zero-order chi connectivity index (χ0) is 18.3. The van der Waals surface area contributed by atoms with E-state index in [1.807, 2.05) is 19.1 Å². The zero-order valence-electron chi connectivity index (χ0n) is 15.5. The van der Waals surface area contributed by atoms with Crippen LogP contribution >= 0.6 is 0 Å². The number of piperidine rings is 1. The molecule has 2 aromatic carbocycles. The van der Waals surface area contributed by atoms with Crippen molar-refractivity contribution in [1.82, 2.24) is 4.90 Å². The highest BCUT2D eigenvalue weighted by atomic mass is 19.1. The van der Waals surface area contributed by atoms with Crippen LogP contribution in [0.5, 0.6) is 0 Å². The van der Waals surface area contributed by atoms with E-state index in [1.54, 1.807) is 12.1 Å². The molecule has 1 aliphatic heterocycles. The molecule has 3 heteroatoms. The van der Waals surface area contributed by atoms with E-state index in [2.05, 4.69) is 36.1 Å². The Labute approximate surface area is 155 Å². The smallest absolute Gasteiger partial charge is 0.123 e. The van der Waals surface area contributed by atoms with Crippen molar-refractivity contribution in [3.8, 4) is 0 Å². The van der Waals surface area contributed by atoms with Crippen LogP contribution in [0.3, 0.4) is 0 Å². The van der Waals surface area contributed by atoms with Crippen molar-refractivity contribution >= 4 is 5.57 Å². The van der Waals surface area contributed by atoms with Crippen molar-refractivity contribution in [3.63, 3.8) is 0 Å². The van der Waals surface area contributed by atoms with E-state index in [0.717, 1.165) is 31.5 Å². The lowest BCUT2D eigenvalue weighted by molar-refractivity contribution is -0.00446. The lowest BCUT2D eigenvalue weighted by Crippen LogP contribution is -2.40. The Balaban J connectivity index is 1.67. The number of halogens is 1. The Morgan fingerprint density at radius 3 is 2.42 bits per heavy atom. The van der Waals surface area contributed by atoms with E-state index in [9.17, 15) is 9.50 Å². The predicted octanol–water partition coefficient (Wildman–Crippen LogP) is 4.71. The van der Waals surface area contributed by atoms with Crippen LogP contribution in [0.15, 0.2) is 48.5 Å². The summed E-state index contributed by atoms with van der Waals surface area (Å²) in [5, 5.41) is 9.82. The quantitative estimate of drug-likeness (QED) is 0.865. The van der Waals surface area contributed by atoms with Gasteiger partial charge in [-0.1, -0.05) is 42.0 Å². The van der Waals surface area contributed by atoms with Gasteiger partial charge in [0.15, 0.2) is 0 Å². The van der Waals surface area contributed by atoms with Crippen LogP contribution in [0.2, 0.25) is 0 Å². The zero-order valence-corrected chi connectivity index (χ0v) is 15.5. The van der Waals surface area contributed by atoms with Crippen molar-refractivity contribution in [1.29, 1.82) is 0 Å². The van der Waals surface area contributed by atoms with Crippen molar-refractivity contribution in [3.05, 3.63) is 76.6 Å². The summed E-state index contributed by atoms with van der Waals surface area (Å²) in [4.78, 5) is 2.15. The Bertz CT molecular complexity index is 817. The van der Waals surface area contributed by atoms with E-state index in [4.69, 9.17) is 0 Å². The summed E-state index contributed by atoms with van der Waals surface area (Å²) < 4.78 is 13.3. The van der Waals surface area contributed by atoms with Gasteiger partial charge >= 0.3 is 0 Å². The molecule has 1 saturated heterocycles. The minimum atomic E-state index is -0.362. The summed E-state index contributed by atoms with van der Waals surface area (Å²) in [7, 11) is 0. The molecule has 1 heterocycles. The maximum Gasteiger partial charge on any atom is 0.123 e. The molecule has 2 aliphatic rings. The van der Waals surface area contributed by atoms with Crippen molar-refractivity contribution in [2.75, 3.05) is 13.1 Å². The molecule has 2 nitrogen and oxygen atoms in total.